The number of anilines is 1. The summed E-state index contributed by atoms with van der Waals surface area (Å²) < 4.78 is 27.2. The Bertz CT molecular complexity index is 678. The molecular formula is C14H19N3O2S2. The van der Waals surface area contributed by atoms with Gasteiger partial charge < -0.3 is 5.43 Å². The van der Waals surface area contributed by atoms with Crippen molar-refractivity contribution in [1.29, 1.82) is 0 Å². The Kier molecular flexibility index (Phi) is 4.67. The molecule has 21 heavy (non-hydrogen) atoms. The highest BCUT2D eigenvalue weighted by Gasteiger charge is 2.25. The average molecular weight is 325 g/mol. The van der Waals surface area contributed by atoms with Crippen molar-refractivity contribution in [1.82, 2.24) is 4.72 Å². The maximum atomic E-state index is 12.3. The third-order valence-corrected chi connectivity index (χ3v) is 5.88. The van der Waals surface area contributed by atoms with Gasteiger partial charge in [-0.05, 0) is 35.7 Å². The highest BCUT2D eigenvalue weighted by molar-refractivity contribution is 7.89. The molecule has 2 aromatic rings. The van der Waals surface area contributed by atoms with Gasteiger partial charge in [-0.3, -0.25) is 5.84 Å². The van der Waals surface area contributed by atoms with E-state index in [4.69, 9.17) is 5.84 Å². The number of hydrogen-bond acceptors (Lipinski definition) is 5. The molecular weight excluding hydrogens is 306 g/mol. The minimum absolute atomic E-state index is 0.225. The van der Waals surface area contributed by atoms with Gasteiger partial charge in [0.2, 0.25) is 10.0 Å². The molecule has 0 bridgehead atoms. The highest BCUT2D eigenvalue weighted by Crippen LogP contribution is 2.27. The highest BCUT2D eigenvalue weighted by atomic mass is 32.2. The standard InChI is InChI=1S/C14H19N3O2S2/c1-14(2,13-4-3-9-20-13)10-16-21(18,19)12-7-5-11(17-15)6-8-12/h3-9,16-17H,10,15H2,1-2H3. The topological polar surface area (TPSA) is 84.2 Å². The van der Waals surface area contributed by atoms with Crippen molar-refractivity contribution in [3.63, 3.8) is 0 Å². The van der Waals surface area contributed by atoms with E-state index < -0.39 is 10.0 Å². The molecule has 1 aromatic carbocycles. The van der Waals surface area contributed by atoms with Crippen LogP contribution in [0.3, 0.4) is 0 Å². The fourth-order valence-corrected chi connectivity index (χ4v) is 3.90. The van der Waals surface area contributed by atoms with Crippen LogP contribution in [0.2, 0.25) is 0 Å². The number of nitrogens with one attached hydrogen (secondary N) is 2. The predicted octanol–water partition coefficient (Wildman–Crippen LogP) is 2.29. The lowest BCUT2D eigenvalue weighted by molar-refractivity contribution is 0.509. The lowest BCUT2D eigenvalue weighted by Crippen LogP contribution is -2.36. The molecule has 1 aromatic heterocycles. The van der Waals surface area contributed by atoms with E-state index in [0.717, 1.165) is 4.88 Å². The molecule has 0 saturated heterocycles. The van der Waals surface area contributed by atoms with Crippen molar-refractivity contribution in [3.8, 4) is 0 Å². The van der Waals surface area contributed by atoms with Crippen LogP contribution in [0.5, 0.6) is 0 Å². The van der Waals surface area contributed by atoms with Crippen LogP contribution < -0.4 is 16.0 Å². The van der Waals surface area contributed by atoms with Gasteiger partial charge in [-0.2, -0.15) is 0 Å². The summed E-state index contributed by atoms with van der Waals surface area (Å²) in [5.74, 6) is 5.26. The molecule has 0 radical (unpaired) electrons. The third-order valence-electron chi connectivity index (χ3n) is 3.22. The van der Waals surface area contributed by atoms with E-state index in [2.05, 4.69) is 10.1 Å². The summed E-state index contributed by atoms with van der Waals surface area (Å²) in [6.45, 7) is 4.37. The van der Waals surface area contributed by atoms with Gasteiger partial charge in [0.1, 0.15) is 0 Å². The van der Waals surface area contributed by atoms with E-state index in [9.17, 15) is 8.42 Å². The molecule has 7 heteroatoms. The molecule has 0 unspecified atom stereocenters. The first-order valence-electron chi connectivity index (χ1n) is 6.45. The fraction of sp³-hybridized carbons (Fsp3) is 0.286. The van der Waals surface area contributed by atoms with E-state index in [-0.39, 0.29) is 10.3 Å². The van der Waals surface area contributed by atoms with Crippen molar-refractivity contribution in [2.75, 3.05) is 12.0 Å². The van der Waals surface area contributed by atoms with Gasteiger partial charge in [0.15, 0.2) is 0 Å². The van der Waals surface area contributed by atoms with E-state index >= 15 is 0 Å². The molecule has 1 heterocycles. The third kappa shape index (κ3) is 3.82. The summed E-state index contributed by atoms with van der Waals surface area (Å²) in [7, 11) is -3.52. The number of sulfonamides is 1. The fourth-order valence-electron chi connectivity index (χ4n) is 1.84. The van der Waals surface area contributed by atoms with Crippen LogP contribution in [0.4, 0.5) is 5.69 Å². The quantitative estimate of drug-likeness (QED) is 0.562. The summed E-state index contributed by atoms with van der Waals surface area (Å²) in [4.78, 5) is 1.37. The summed E-state index contributed by atoms with van der Waals surface area (Å²) >= 11 is 1.62. The normalized spacial score (nSPS) is 12.3. The van der Waals surface area contributed by atoms with Crippen molar-refractivity contribution in [3.05, 3.63) is 46.7 Å². The molecule has 0 spiro atoms. The van der Waals surface area contributed by atoms with Crippen molar-refractivity contribution in [2.45, 2.75) is 24.2 Å². The van der Waals surface area contributed by atoms with Gasteiger partial charge in [0.25, 0.3) is 0 Å². The molecule has 114 valence electrons. The zero-order valence-corrected chi connectivity index (χ0v) is 13.6. The van der Waals surface area contributed by atoms with Gasteiger partial charge in [0.05, 0.1) is 4.90 Å². The van der Waals surface area contributed by atoms with Crippen LogP contribution in [0.1, 0.15) is 18.7 Å². The Balaban J connectivity index is 2.10. The SMILES string of the molecule is CC(C)(CNS(=O)(=O)c1ccc(NN)cc1)c1cccs1. The Hall–Kier alpha value is -1.41. The molecule has 2 rings (SSSR count). The molecule has 0 fully saturated rings. The maximum Gasteiger partial charge on any atom is 0.240 e. The monoisotopic (exact) mass is 325 g/mol. The van der Waals surface area contributed by atoms with Crippen LogP contribution in [0, 0.1) is 0 Å². The zero-order valence-electron chi connectivity index (χ0n) is 12.0. The first-order valence-corrected chi connectivity index (χ1v) is 8.82. The Morgan fingerprint density at radius 3 is 2.38 bits per heavy atom. The molecule has 5 nitrogen and oxygen atoms in total. The van der Waals surface area contributed by atoms with Crippen LogP contribution in [0.25, 0.3) is 0 Å². The smallest absolute Gasteiger partial charge is 0.240 e. The summed E-state index contributed by atoms with van der Waals surface area (Å²) in [6.07, 6.45) is 0. The first-order chi connectivity index (χ1) is 9.85. The number of nitrogens with two attached hydrogens (primary N) is 1. The van der Waals surface area contributed by atoms with Crippen LogP contribution in [-0.4, -0.2) is 15.0 Å². The van der Waals surface area contributed by atoms with Crippen LogP contribution in [-0.2, 0) is 15.4 Å². The lowest BCUT2D eigenvalue weighted by Gasteiger charge is -2.23. The summed E-state index contributed by atoms with van der Waals surface area (Å²) in [6, 6.07) is 10.3. The molecule has 0 aliphatic carbocycles. The molecule has 0 saturated carbocycles. The van der Waals surface area contributed by atoms with Crippen LogP contribution in [0.15, 0.2) is 46.7 Å². The van der Waals surface area contributed by atoms with E-state index in [1.165, 1.54) is 12.1 Å². The molecule has 0 aliphatic heterocycles. The minimum Gasteiger partial charge on any atom is -0.324 e. The van der Waals surface area contributed by atoms with Crippen molar-refractivity contribution < 1.29 is 8.42 Å². The van der Waals surface area contributed by atoms with E-state index in [1.807, 2.05) is 31.4 Å². The van der Waals surface area contributed by atoms with Crippen molar-refractivity contribution >= 4 is 27.0 Å². The molecule has 4 N–H and O–H groups in total. The van der Waals surface area contributed by atoms with E-state index in [1.54, 1.807) is 23.5 Å². The molecule has 0 aliphatic rings. The predicted molar refractivity (Wildman–Crippen MR) is 86.8 cm³/mol. The van der Waals surface area contributed by atoms with Gasteiger partial charge >= 0.3 is 0 Å². The van der Waals surface area contributed by atoms with Gasteiger partial charge in [-0.1, -0.05) is 19.9 Å². The van der Waals surface area contributed by atoms with Crippen molar-refractivity contribution in [2.24, 2.45) is 5.84 Å². The second kappa shape index (κ2) is 6.15. The molecule has 0 atom stereocenters. The summed E-state index contributed by atoms with van der Waals surface area (Å²) in [5.41, 5.74) is 2.88. The largest absolute Gasteiger partial charge is 0.324 e. The zero-order chi connectivity index (χ0) is 15.5. The Morgan fingerprint density at radius 2 is 1.86 bits per heavy atom. The van der Waals surface area contributed by atoms with Gasteiger partial charge in [0, 0.05) is 22.5 Å². The second-order valence-electron chi connectivity index (χ2n) is 5.35. The Labute approximate surface area is 129 Å². The number of hydrazine groups is 1. The number of thiophene rings is 1. The summed E-state index contributed by atoms with van der Waals surface area (Å²) in [5, 5.41) is 1.99. The number of benzene rings is 1. The number of hydrogen-bond donors (Lipinski definition) is 3. The van der Waals surface area contributed by atoms with Gasteiger partial charge in [-0.25, -0.2) is 13.1 Å². The minimum atomic E-state index is -3.52. The maximum absolute atomic E-state index is 12.3. The number of nitrogen functional groups attached to an aromatic ring is 1. The molecule has 0 amide bonds. The second-order valence-corrected chi connectivity index (χ2v) is 8.07. The first kappa shape index (κ1) is 16.0. The number of rotatable bonds is 6. The lowest BCUT2D eigenvalue weighted by atomic mass is 9.92. The van der Waals surface area contributed by atoms with Gasteiger partial charge in [-0.15, -0.1) is 11.3 Å². The average Bonchev–Trinajstić information content (AvgIpc) is 3.01. The van der Waals surface area contributed by atoms with E-state index in [0.29, 0.717) is 12.2 Å². The van der Waals surface area contributed by atoms with Crippen LogP contribution >= 0.6 is 11.3 Å². The Morgan fingerprint density at radius 1 is 1.19 bits per heavy atom.